The van der Waals surface area contributed by atoms with Crippen LogP contribution in [0.25, 0.3) is 0 Å². The van der Waals surface area contributed by atoms with E-state index in [9.17, 15) is 9.59 Å². The van der Waals surface area contributed by atoms with Gasteiger partial charge in [0, 0.05) is 18.9 Å². The van der Waals surface area contributed by atoms with Crippen molar-refractivity contribution in [1.82, 2.24) is 9.97 Å². The van der Waals surface area contributed by atoms with Gasteiger partial charge in [-0.2, -0.15) is 0 Å². The van der Waals surface area contributed by atoms with Crippen LogP contribution in [0.15, 0.2) is 41.8 Å². The minimum absolute atomic E-state index is 0.270. The summed E-state index contributed by atoms with van der Waals surface area (Å²) in [6, 6.07) is 6.75. The molecule has 2 rings (SSSR count). The van der Waals surface area contributed by atoms with Crippen molar-refractivity contribution in [3.8, 4) is 0 Å². The molecule has 2 amide bonds. The van der Waals surface area contributed by atoms with Crippen molar-refractivity contribution >= 4 is 29.8 Å². The number of aromatic nitrogens is 2. The standard InChI is InChI=1S/C11H15N3O3.C11H17N3O2/c1-11(2,3)17-10(15)14-8-5-4-6-12-9(8)7-13-16;1-11(2,3)16-10(15)14-8-5-4-6-13-9(8)7-12/h4-7,16H,1-3H3,(H,14,15);4-6H,7,12H2,1-3H3,(H,14,15)/b13-7+;. The highest BCUT2D eigenvalue weighted by molar-refractivity contribution is 5.93. The number of carbonyl (C=O) groups is 2. The van der Waals surface area contributed by atoms with Crippen LogP contribution in [0.5, 0.6) is 0 Å². The molecule has 0 aliphatic carbocycles. The third-order valence-electron chi connectivity index (χ3n) is 3.37. The lowest BCUT2D eigenvalue weighted by molar-refractivity contribution is 0.0624. The Hall–Kier alpha value is -3.73. The number of hydrogen-bond donors (Lipinski definition) is 4. The van der Waals surface area contributed by atoms with Crippen LogP contribution >= 0.6 is 0 Å². The highest BCUT2D eigenvalue weighted by Gasteiger charge is 2.18. The Kier molecular flexibility index (Phi) is 10.2. The Morgan fingerprint density at radius 2 is 1.45 bits per heavy atom. The number of nitrogens with two attached hydrogens (primary N) is 1. The first-order valence-electron chi connectivity index (χ1n) is 10.1. The molecule has 0 saturated heterocycles. The number of pyridine rings is 2. The maximum Gasteiger partial charge on any atom is 0.412 e. The van der Waals surface area contributed by atoms with Crippen LogP contribution in [0.4, 0.5) is 21.0 Å². The molecule has 0 unspecified atom stereocenters. The van der Waals surface area contributed by atoms with Gasteiger partial charge in [-0.1, -0.05) is 5.16 Å². The van der Waals surface area contributed by atoms with Gasteiger partial charge in [-0.3, -0.25) is 20.6 Å². The lowest BCUT2D eigenvalue weighted by Gasteiger charge is -2.20. The Morgan fingerprint density at radius 3 is 1.94 bits per heavy atom. The second-order valence-electron chi connectivity index (χ2n) is 8.64. The van der Waals surface area contributed by atoms with E-state index in [1.165, 1.54) is 6.20 Å². The summed E-state index contributed by atoms with van der Waals surface area (Å²) in [4.78, 5) is 31.0. The van der Waals surface area contributed by atoms with E-state index in [1.807, 2.05) is 0 Å². The lowest BCUT2D eigenvalue weighted by atomic mass is 10.2. The molecular formula is C22H32N6O5. The summed E-state index contributed by atoms with van der Waals surface area (Å²) < 4.78 is 10.2. The Labute approximate surface area is 193 Å². The third kappa shape index (κ3) is 11.5. The van der Waals surface area contributed by atoms with Gasteiger partial charge in [-0.05, 0) is 65.8 Å². The number of nitrogens with one attached hydrogen (secondary N) is 2. The molecule has 2 heterocycles. The molecule has 0 fully saturated rings. The highest BCUT2D eigenvalue weighted by atomic mass is 16.6. The first kappa shape index (κ1) is 27.3. The van der Waals surface area contributed by atoms with E-state index in [2.05, 4.69) is 25.8 Å². The van der Waals surface area contributed by atoms with Gasteiger partial charge >= 0.3 is 12.2 Å². The minimum Gasteiger partial charge on any atom is -0.444 e. The van der Waals surface area contributed by atoms with Crippen LogP contribution in [-0.2, 0) is 16.0 Å². The molecule has 180 valence electrons. The third-order valence-corrected chi connectivity index (χ3v) is 3.37. The maximum atomic E-state index is 11.5. The number of anilines is 2. The zero-order valence-corrected chi connectivity index (χ0v) is 19.7. The average molecular weight is 461 g/mol. The monoisotopic (exact) mass is 460 g/mol. The molecule has 0 saturated carbocycles. The molecule has 2 aromatic heterocycles. The molecule has 0 bridgehead atoms. The summed E-state index contributed by atoms with van der Waals surface area (Å²) in [6.07, 6.45) is 3.19. The molecule has 11 heteroatoms. The summed E-state index contributed by atoms with van der Waals surface area (Å²) in [6.45, 7) is 11.0. The number of carbonyl (C=O) groups excluding carboxylic acids is 2. The quantitative estimate of drug-likeness (QED) is 0.301. The van der Waals surface area contributed by atoms with Crippen LogP contribution in [0.3, 0.4) is 0 Å². The first-order valence-corrected chi connectivity index (χ1v) is 10.1. The van der Waals surface area contributed by atoms with Gasteiger partial charge in [0.15, 0.2) is 0 Å². The Bertz CT molecular complexity index is 951. The lowest BCUT2D eigenvalue weighted by Crippen LogP contribution is -2.27. The maximum absolute atomic E-state index is 11.5. The zero-order valence-electron chi connectivity index (χ0n) is 19.7. The van der Waals surface area contributed by atoms with E-state index in [1.54, 1.807) is 72.0 Å². The fourth-order valence-corrected chi connectivity index (χ4v) is 2.22. The fourth-order valence-electron chi connectivity index (χ4n) is 2.22. The smallest absolute Gasteiger partial charge is 0.412 e. The van der Waals surface area contributed by atoms with Gasteiger partial charge in [0.1, 0.15) is 16.9 Å². The summed E-state index contributed by atoms with van der Waals surface area (Å²) in [5, 5.41) is 16.5. The largest absolute Gasteiger partial charge is 0.444 e. The number of rotatable bonds is 4. The van der Waals surface area contributed by atoms with Crippen LogP contribution in [0, 0.1) is 0 Å². The number of amides is 2. The van der Waals surface area contributed by atoms with Gasteiger partial charge in [0.25, 0.3) is 0 Å². The van der Waals surface area contributed by atoms with Crippen molar-refractivity contribution in [2.24, 2.45) is 10.9 Å². The minimum atomic E-state index is -0.585. The average Bonchev–Trinajstić information content (AvgIpc) is 2.67. The van der Waals surface area contributed by atoms with E-state index in [-0.39, 0.29) is 6.54 Å². The summed E-state index contributed by atoms with van der Waals surface area (Å²) in [5.74, 6) is 0. The van der Waals surface area contributed by atoms with E-state index in [0.29, 0.717) is 22.8 Å². The van der Waals surface area contributed by atoms with Gasteiger partial charge in [-0.15, -0.1) is 0 Å². The molecular weight excluding hydrogens is 428 g/mol. The highest BCUT2D eigenvalue weighted by Crippen LogP contribution is 2.15. The van der Waals surface area contributed by atoms with Crippen molar-refractivity contribution in [1.29, 1.82) is 0 Å². The second kappa shape index (κ2) is 12.3. The molecule has 0 atom stereocenters. The van der Waals surface area contributed by atoms with Crippen LogP contribution in [0.2, 0.25) is 0 Å². The summed E-state index contributed by atoms with van der Waals surface area (Å²) in [5.41, 5.74) is 6.39. The number of ether oxygens (including phenoxy) is 2. The van der Waals surface area contributed by atoms with Crippen LogP contribution in [-0.4, -0.2) is 44.8 Å². The van der Waals surface area contributed by atoms with E-state index < -0.39 is 23.4 Å². The molecule has 33 heavy (non-hydrogen) atoms. The number of hydrogen-bond acceptors (Lipinski definition) is 9. The molecule has 0 radical (unpaired) electrons. The number of oxime groups is 1. The number of nitrogens with zero attached hydrogens (tertiary/aromatic N) is 3. The van der Waals surface area contributed by atoms with Gasteiger partial charge < -0.3 is 20.4 Å². The SMILES string of the molecule is CC(C)(C)OC(=O)Nc1cccnc1/C=N/O.CC(C)(C)OC(=O)Nc1cccnc1CN. The Balaban J connectivity index is 0.000000331. The molecule has 0 aliphatic rings. The van der Waals surface area contributed by atoms with Crippen molar-refractivity contribution in [3.63, 3.8) is 0 Å². The predicted molar refractivity (Wildman–Crippen MR) is 125 cm³/mol. The molecule has 0 aromatic carbocycles. The molecule has 0 spiro atoms. The molecule has 5 N–H and O–H groups in total. The van der Waals surface area contributed by atoms with E-state index in [0.717, 1.165) is 6.21 Å². The molecule has 0 aliphatic heterocycles. The van der Waals surface area contributed by atoms with Crippen molar-refractivity contribution < 1.29 is 24.3 Å². The van der Waals surface area contributed by atoms with E-state index >= 15 is 0 Å². The molecule has 11 nitrogen and oxygen atoms in total. The van der Waals surface area contributed by atoms with Crippen LogP contribution in [0.1, 0.15) is 52.9 Å². The van der Waals surface area contributed by atoms with Gasteiger partial charge in [0.05, 0.1) is 23.3 Å². The normalized spacial score (nSPS) is 11.2. The molecule has 2 aromatic rings. The van der Waals surface area contributed by atoms with Crippen molar-refractivity contribution in [2.45, 2.75) is 59.3 Å². The van der Waals surface area contributed by atoms with Gasteiger partial charge in [-0.25, -0.2) is 9.59 Å². The second-order valence-corrected chi connectivity index (χ2v) is 8.64. The van der Waals surface area contributed by atoms with Crippen molar-refractivity contribution in [3.05, 3.63) is 48.0 Å². The topological polar surface area (TPSA) is 161 Å². The fraction of sp³-hybridized carbons (Fsp3) is 0.409. The first-order chi connectivity index (χ1) is 15.3. The van der Waals surface area contributed by atoms with E-state index in [4.69, 9.17) is 20.4 Å². The summed E-state index contributed by atoms with van der Waals surface area (Å²) in [7, 11) is 0. The summed E-state index contributed by atoms with van der Waals surface area (Å²) >= 11 is 0. The predicted octanol–water partition coefficient (Wildman–Crippen LogP) is 4.12. The Morgan fingerprint density at radius 1 is 0.970 bits per heavy atom. The van der Waals surface area contributed by atoms with Crippen LogP contribution < -0.4 is 16.4 Å². The van der Waals surface area contributed by atoms with Crippen molar-refractivity contribution in [2.75, 3.05) is 10.6 Å². The van der Waals surface area contributed by atoms with Gasteiger partial charge in [0.2, 0.25) is 0 Å². The zero-order chi connectivity index (χ0) is 25.1.